The van der Waals surface area contributed by atoms with Crippen LogP contribution in [0.15, 0.2) is 24.5 Å². The molecular weight excluding hydrogens is 242 g/mol. The molecule has 1 aliphatic rings. The van der Waals surface area contributed by atoms with Gasteiger partial charge in [-0.05, 0) is 25.0 Å². The second kappa shape index (κ2) is 4.53. The van der Waals surface area contributed by atoms with Crippen LogP contribution in [0.25, 0.3) is 0 Å². The molecule has 0 atom stereocenters. The van der Waals surface area contributed by atoms with Gasteiger partial charge in [0.25, 0.3) is 5.91 Å². The van der Waals surface area contributed by atoms with Gasteiger partial charge in [-0.15, -0.1) is 5.10 Å². The molecule has 1 amide bonds. The molecule has 0 radical (unpaired) electrons. The van der Waals surface area contributed by atoms with Crippen molar-refractivity contribution in [2.24, 2.45) is 14.1 Å². The van der Waals surface area contributed by atoms with Gasteiger partial charge >= 0.3 is 0 Å². The number of aryl methyl sites for hydroxylation is 2. The lowest BCUT2D eigenvalue weighted by Crippen LogP contribution is -2.33. The van der Waals surface area contributed by atoms with Crippen molar-refractivity contribution in [1.29, 1.82) is 0 Å². The van der Waals surface area contributed by atoms with E-state index in [4.69, 9.17) is 0 Å². The predicted molar refractivity (Wildman–Crippen MR) is 69.3 cm³/mol. The van der Waals surface area contributed by atoms with E-state index in [-0.39, 0.29) is 5.91 Å². The first kappa shape index (κ1) is 12.0. The molecule has 1 aliphatic carbocycles. The maximum Gasteiger partial charge on any atom is 0.276 e. The van der Waals surface area contributed by atoms with Crippen LogP contribution in [0.2, 0.25) is 0 Å². The molecular formula is C13H17N5O. The first-order chi connectivity index (χ1) is 9.15. The Labute approximate surface area is 111 Å². The van der Waals surface area contributed by atoms with Crippen LogP contribution >= 0.6 is 0 Å². The van der Waals surface area contributed by atoms with Crippen LogP contribution in [0, 0.1) is 0 Å². The van der Waals surface area contributed by atoms with Crippen LogP contribution in [0.3, 0.4) is 0 Å². The minimum atomic E-state index is -0.0307. The van der Waals surface area contributed by atoms with Crippen molar-refractivity contribution in [2.45, 2.75) is 25.4 Å². The monoisotopic (exact) mass is 259 g/mol. The van der Waals surface area contributed by atoms with E-state index in [0.717, 1.165) is 18.5 Å². The molecule has 19 heavy (non-hydrogen) atoms. The number of carbonyl (C=O) groups is 1. The summed E-state index contributed by atoms with van der Waals surface area (Å²) in [7, 11) is 3.76. The molecule has 100 valence electrons. The Bertz CT molecular complexity index is 596. The zero-order chi connectivity index (χ0) is 13.4. The van der Waals surface area contributed by atoms with Crippen molar-refractivity contribution in [3.05, 3.63) is 35.9 Å². The first-order valence-corrected chi connectivity index (χ1v) is 6.42. The van der Waals surface area contributed by atoms with Crippen molar-refractivity contribution in [3.8, 4) is 0 Å². The van der Waals surface area contributed by atoms with Gasteiger partial charge in [0.15, 0.2) is 5.69 Å². The van der Waals surface area contributed by atoms with Gasteiger partial charge in [0.05, 0.1) is 12.7 Å². The Balaban J connectivity index is 1.81. The molecule has 6 nitrogen and oxygen atoms in total. The molecule has 0 saturated heterocycles. The lowest BCUT2D eigenvalue weighted by Gasteiger charge is -2.21. The Kier molecular flexibility index (Phi) is 2.85. The fourth-order valence-electron chi connectivity index (χ4n) is 2.18. The lowest BCUT2D eigenvalue weighted by molar-refractivity contribution is 0.0720. The second-order valence-corrected chi connectivity index (χ2v) is 5.05. The van der Waals surface area contributed by atoms with Crippen LogP contribution in [0.5, 0.6) is 0 Å². The summed E-state index contributed by atoms with van der Waals surface area (Å²) in [4.78, 5) is 14.4. The van der Waals surface area contributed by atoms with E-state index < -0.39 is 0 Å². The molecule has 0 unspecified atom stereocenters. The van der Waals surface area contributed by atoms with Crippen LogP contribution in [-0.4, -0.2) is 36.4 Å². The predicted octanol–water partition coefficient (Wildman–Crippen LogP) is 0.958. The Morgan fingerprint density at radius 2 is 2.26 bits per heavy atom. The maximum absolute atomic E-state index is 12.5. The van der Waals surface area contributed by atoms with Gasteiger partial charge in [-0.1, -0.05) is 5.21 Å². The summed E-state index contributed by atoms with van der Waals surface area (Å²) < 4.78 is 3.60. The number of hydrogen-bond acceptors (Lipinski definition) is 3. The average Bonchev–Trinajstić information content (AvgIpc) is 3.01. The molecule has 6 heteroatoms. The molecule has 0 N–H and O–H groups in total. The Morgan fingerprint density at radius 1 is 1.47 bits per heavy atom. The fraction of sp³-hybridized carbons (Fsp3) is 0.462. The van der Waals surface area contributed by atoms with Gasteiger partial charge in [-0.25, -0.2) is 0 Å². The standard InChI is InChI=1S/C13H17N5O/c1-16-7-3-4-11(16)8-18(10-5-6-10)13(19)12-9-17(2)15-14-12/h3-4,7,9-10H,5-6,8H2,1-2H3. The number of hydrogen-bond donors (Lipinski definition) is 0. The highest BCUT2D eigenvalue weighted by Gasteiger charge is 2.34. The highest BCUT2D eigenvalue weighted by Crippen LogP contribution is 2.29. The zero-order valence-electron chi connectivity index (χ0n) is 11.2. The second-order valence-electron chi connectivity index (χ2n) is 5.05. The summed E-state index contributed by atoms with van der Waals surface area (Å²) in [6, 6.07) is 4.39. The van der Waals surface area contributed by atoms with E-state index in [0.29, 0.717) is 18.3 Å². The summed E-state index contributed by atoms with van der Waals surface area (Å²) in [5, 5.41) is 7.74. The van der Waals surface area contributed by atoms with Crippen molar-refractivity contribution in [1.82, 2.24) is 24.5 Å². The normalized spacial score (nSPS) is 14.6. The number of nitrogens with zero attached hydrogens (tertiary/aromatic N) is 5. The summed E-state index contributed by atoms with van der Waals surface area (Å²) in [6.07, 6.45) is 5.82. The maximum atomic E-state index is 12.5. The van der Waals surface area contributed by atoms with Gasteiger partial charge in [0.1, 0.15) is 0 Å². The molecule has 2 aromatic rings. The summed E-state index contributed by atoms with van der Waals surface area (Å²) in [5.74, 6) is -0.0307. The van der Waals surface area contributed by atoms with E-state index in [1.54, 1.807) is 17.9 Å². The zero-order valence-corrected chi connectivity index (χ0v) is 11.2. The number of rotatable bonds is 4. The summed E-state index contributed by atoms with van der Waals surface area (Å²) in [5.41, 5.74) is 1.55. The van der Waals surface area contributed by atoms with Crippen molar-refractivity contribution >= 4 is 5.91 Å². The molecule has 3 rings (SSSR count). The molecule has 1 fully saturated rings. The molecule has 0 bridgehead atoms. The third-order valence-corrected chi connectivity index (χ3v) is 3.45. The molecule has 0 aromatic carbocycles. The van der Waals surface area contributed by atoms with E-state index in [9.17, 15) is 4.79 Å². The first-order valence-electron chi connectivity index (χ1n) is 6.42. The Morgan fingerprint density at radius 3 is 2.79 bits per heavy atom. The Hall–Kier alpha value is -2.11. The quantitative estimate of drug-likeness (QED) is 0.821. The van der Waals surface area contributed by atoms with Crippen molar-refractivity contribution in [2.75, 3.05) is 0 Å². The molecule has 2 heterocycles. The SMILES string of the molecule is Cn1cc(C(=O)N(Cc2cccn2C)C2CC2)nn1. The summed E-state index contributed by atoms with van der Waals surface area (Å²) in [6.45, 7) is 0.629. The minimum Gasteiger partial charge on any atom is -0.353 e. The van der Waals surface area contributed by atoms with Crippen LogP contribution < -0.4 is 0 Å². The lowest BCUT2D eigenvalue weighted by atomic mass is 10.3. The van der Waals surface area contributed by atoms with Gasteiger partial charge in [0.2, 0.25) is 0 Å². The third kappa shape index (κ3) is 2.38. The van der Waals surface area contributed by atoms with Crippen LogP contribution in [0.4, 0.5) is 0 Å². The highest BCUT2D eigenvalue weighted by atomic mass is 16.2. The van der Waals surface area contributed by atoms with Crippen molar-refractivity contribution < 1.29 is 4.79 Å². The average molecular weight is 259 g/mol. The minimum absolute atomic E-state index is 0.0307. The number of aromatic nitrogens is 4. The van der Waals surface area contributed by atoms with Gasteiger partial charge in [-0.2, -0.15) is 0 Å². The molecule has 0 aliphatic heterocycles. The molecule has 1 saturated carbocycles. The van der Waals surface area contributed by atoms with Crippen LogP contribution in [0.1, 0.15) is 29.0 Å². The largest absolute Gasteiger partial charge is 0.353 e. The van der Waals surface area contributed by atoms with Gasteiger partial charge in [0, 0.05) is 32.0 Å². The molecule has 0 spiro atoms. The van der Waals surface area contributed by atoms with Crippen molar-refractivity contribution in [3.63, 3.8) is 0 Å². The fourth-order valence-corrected chi connectivity index (χ4v) is 2.18. The third-order valence-electron chi connectivity index (χ3n) is 3.45. The smallest absolute Gasteiger partial charge is 0.276 e. The summed E-state index contributed by atoms with van der Waals surface area (Å²) >= 11 is 0. The molecule has 2 aromatic heterocycles. The van der Waals surface area contributed by atoms with E-state index >= 15 is 0 Å². The van der Waals surface area contributed by atoms with E-state index in [2.05, 4.69) is 10.3 Å². The van der Waals surface area contributed by atoms with E-state index in [1.165, 1.54) is 0 Å². The van der Waals surface area contributed by atoms with Crippen LogP contribution in [-0.2, 0) is 20.6 Å². The number of carbonyl (C=O) groups excluding carboxylic acids is 1. The van der Waals surface area contributed by atoms with Gasteiger partial charge in [-0.3, -0.25) is 9.48 Å². The van der Waals surface area contributed by atoms with E-state index in [1.807, 2.05) is 34.8 Å². The van der Waals surface area contributed by atoms with Gasteiger partial charge < -0.3 is 9.47 Å². The number of amides is 1. The highest BCUT2D eigenvalue weighted by molar-refractivity contribution is 5.92. The topological polar surface area (TPSA) is 56.0 Å².